The van der Waals surface area contributed by atoms with Crippen molar-refractivity contribution < 1.29 is 9.59 Å². The van der Waals surface area contributed by atoms with Crippen molar-refractivity contribution in [2.24, 2.45) is 5.92 Å². The molecule has 1 heterocycles. The van der Waals surface area contributed by atoms with E-state index in [-0.39, 0.29) is 23.7 Å². The highest BCUT2D eigenvalue weighted by Gasteiger charge is 2.18. The molecule has 0 saturated carbocycles. The van der Waals surface area contributed by atoms with Gasteiger partial charge in [0.2, 0.25) is 5.95 Å². The van der Waals surface area contributed by atoms with E-state index >= 15 is 0 Å². The second-order valence-corrected chi connectivity index (χ2v) is 7.37. The molecule has 7 nitrogen and oxygen atoms in total. The van der Waals surface area contributed by atoms with Gasteiger partial charge in [-0.25, -0.2) is 4.68 Å². The van der Waals surface area contributed by atoms with Crippen molar-refractivity contribution in [3.05, 3.63) is 70.8 Å². The zero-order valence-electron chi connectivity index (χ0n) is 17.1. The van der Waals surface area contributed by atoms with Gasteiger partial charge in [0.1, 0.15) is 0 Å². The molecule has 29 heavy (non-hydrogen) atoms. The van der Waals surface area contributed by atoms with Crippen LogP contribution in [0.4, 0.5) is 11.9 Å². The first-order chi connectivity index (χ1) is 13.8. The Kier molecular flexibility index (Phi) is 6.07. The number of carbonyl (C=O) groups excluding carboxylic acids is 2. The lowest BCUT2D eigenvalue weighted by Crippen LogP contribution is -2.18. The molecule has 0 fully saturated rings. The molecule has 0 unspecified atom stereocenters. The van der Waals surface area contributed by atoms with E-state index in [0.717, 1.165) is 11.1 Å². The number of benzene rings is 2. The first kappa shape index (κ1) is 20.3. The van der Waals surface area contributed by atoms with Crippen molar-refractivity contribution in [3.8, 4) is 0 Å². The Morgan fingerprint density at radius 3 is 1.93 bits per heavy atom. The summed E-state index contributed by atoms with van der Waals surface area (Å²) in [4.78, 5) is 29.6. The van der Waals surface area contributed by atoms with Crippen LogP contribution in [0.1, 0.15) is 45.7 Å². The smallest absolute Gasteiger partial charge is 0.258 e. The topological polar surface area (TPSA) is 88.9 Å². The van der Waals surface area contributed by atoms with E-state index in [9.17, 15) is 9.59 Å². The highest BCUT2D eigenvalue weighted by molar-refractivity contribution is 6.05. The lowest BCUT2D eigenvalue weighted by molar-refractivity contribution is 0.101. The van der Waals surface area contributed by atoms with Crippen molar-refractivity contribution in [2.45, 2.75) is 34.2 Å². The van der Waals surface area contributed by atoms with Crippen LogP contribution in [0.2, 0.25) is 0 Å². The monoisotopic (exact) mass is 391 g/mol. The summed E-state index contributed by atoms with van der Waals surface area (Å²) in [5.74, 6) is 0.176. The van der Waals surface area contributed by atoms with E-state index in [1.807, 2.05) is 58.0 Å². The molecular weight excluding hydrogens is 366 g/mol. The van der Waals surface area contributed by atoms with Crippen LogP contribution in [0.5, 0.6) is 0 Å². The molecular formula is C22H25N5O2. The van der Waals surface area contributed by atoms with Crippen LogP contribution in [0.25, 0.3) is 0 Å². The van der Waals surface area contributed by atoms with Gasteiger partial charge >= 0.3 is 0 Å². The first-order valence-corrected chi connectivity index (χ1v) is 9.54. The Bertz CT molecular complexity index is 1040. The number of aromatic nitrogens is 3. The number of nitrogens with one attached hydrogen (secondary N) is 2. The quantitative estimate of drug-likeness (QED) is 0.663. The Labute approximate surface area is 170 Å². The zero-order valence-corrected chi connectivity index (χ0v) is 17.1. The summed E-state index contributed by atoms with van der Waals surface area (Å²) < 4.78 is 1.61. The maximum atomic E-state index is 12.7. The molecule has 0 atom stereocenters. The average molecular weight is 391 g/mol. The maximum absolute atomic E-state index is 12.7. The number of aryl methyl sites for hydroxylation is 2. The summed E-state index contributed by atoms with van der Waals surface area (Å²) >= 11 is 0. The predicted molar refractivity (Wildman–Crippen MR) is 113 cm³/mol. The molecule has 2 N–H and O–H groups in total. The maximum Gasteiger partial charge on any atom is 0.258 e. The fraction of sp³-hybridized carbons (Fsp3) is 0.273. The second kappa shape index (κ2) is 8.68. The molecule has 1 aromatic heterocycles. The highest BCUT2D eigenvalue weighted by atomic mass is 16.2. The van der Waals surface area contributed by atoms with Gasteiger partial charge in [-0.1, -0.05) is 50.2 Å². The van der Waals surface area contributed by atoms with Crippen LogP contribution in [0, 0.1) is 19.8 Å². The van der Waals surface area contributed by atoms with Crippen molar-refractivity contribution >= 4 is 23.7 Å². The van der Waals surface area contributed by atoms with Crippen molar-refractivity contribution in [3.63, 3.8) is 0 Å². The predicted octanol–water partition coefficient (Wildman–Crippen LogP) is 4.06. The van der Waals surface area contributed by atoms with Gasteiger partial charge in [-0.15, -0.1) is 5.10 Å². The van der Waals surface area contributed by atoms with E-state index in [1.54, 1.807) is 22.9 Å². The van der Waals surface area contributed by atoms with Crippen LogP contribution >= 0.6 is 0 Å². The van der Waals surface area contributed by atoms with E-state index < -0.39 is 0 Å². The van der Waals surface area contributed by atoms with Crippen molar-refractivity contribution in [1.29, 1.82) is 0 Å². The average Bonchev–Trinajstić information content (AvgIpc) is 3.02. The lowest BCUT2D eigenvalue weighted by atomic mass is 10.1. The third-order valence-corrected chi connectivity index (χ3v) is 4.44. The molecule has 0 bridgehead atoms. The van der Waals surface area contributed by atoms with Crippen LogP contribution < -0.4 is 10.6 Å². The van der Waals surface area contributed by atoms with E-state index in [4.69, 9.17) is 0 Å². The minimum absolute atomic E-state index is 0.152. The Morgan fingerprint density at radius 1 is 0.897 bits per heavy atom. The summed E-state index contributed by atoms with van der Waals surface area (Å²) in [6.45, 7) is 8.38. The molecule has 3 rings (SSSR count). The Morgan fingerprint density at radius 2 is 1.41 bits per heavy atom. The van der Waals surface area contributed by atoms with Gasteiger partial charge in [-0.3, -0.25) is 20.2 Å². The van der Waals surface area contributed by atoms with Crippen LogP contribution in [-0.4, -0.2) is 26.6 Å². The normalized spacial score (nSPS) is 10.8. The minimum Gasteiger partial charge on any atom is -0.291 e. The SMILES string of the molecule is Cc1ccccc1C(=O)Nc1nc(NC(=O)c2ccccc2C)n(CC(C)C)n1. The lowest BCUT2D eigenvalue weighted by Gasteiger charge is -2.10. The molecule has 0 spiro atoms. The van der Waals surface area contributed by atoms with Gasteiger partial charge in [0.15, 0.2) is 0 Å². The number of nitrogens with zero attached hydrogens (tertiary/aromatic N) is 3. The number of rotatable bonds is 6. The van der Waals surface area contributed by atoms with Gasteiger partial charge in [0.25, 0.3) is 17.8 Å². The molecule has 150 valence electrons. The summed E-state index contributed by atoms with van der Waals surface area (Å²) in [5.41, 5.74) is 2.85. The van der Waals surface area contributed by atoms with Gasteiger partial charge in [-0.2, -0.15) is 4.98 Å². The Balaban J connectivity index is 1.84. The molecule has 0 aliphatic heterocycles. The van der Waals surface area contributed by atoms with Crippen LogP contribution in [0.3, 0.4) is 0 Å². The summed E-state index contributed by atoms with van der Waals surface area (Å²) in [6, 6.07) is 14.6. The summed E-state index contributed by atoms with van der Waals surface area (Å²) in [7, 11) is 0. The minimum atomic E-state index is -0.290. The third-order valence-electron chi connectivity index (χ3n) is 4.44. The molecule has 7 heteroatoms. The van der Waals surface area contributed by atoms with Gasteiger partial charge in [0.05, 0.1) is 0 Å². The second-order valence-electron chi connectivity index (χ2n) is 7.37. The highest BCUT2D eigenvalue weighted by Crippen LogP contribution is 2.16. The van der Waals surface area contributed by atoms with Crippen LogP contribution in [-0.2, 0) is 6.54 Å². The van der Waals surface area contributed by atoms with Crippen molar-refractivity contribution in [1.82, 2.24) is 14.8 Å². The molecule has 2 amide bonds. The molecule has 0 aliphatic carbocycles. The van der Waals surface area contributed by atoms with Gasteiger partial charge < -0.3 is 0 Å². The summed E-state index contributed by atoms with van der Waals surface area (Å²) in [5, 5.41) is 9.91. The van der Waals surface area contributed by atoms with E-state index in [2.05, 4.69) is 20.7 Å². The summed E-state index contributed by atoms with van der Waals surface area (Å²) in [6.07, 6.45) is 0. The van der Waals surface area contributed by atoms with Gasteiger partial charge in [-0.05, 0) is 43.0 Å². The molecule has 0 radical (unpaired) electrons. The molecule has 0 aliphatic rings. The Hall–Kier alpha value is -3.48. The third kappa shape index (κ3) is 4.87. The van der Waals surface area contributed by atoms with E-state index in [0.29, 0.717) is 23.6 Å². The fourth-order valence-corrected chi connectivity index (χ4v) is 2.95. The van der Waals surface area contributed by atoms with Crippen molar-refractivity contribution in [2.75, 3.05) is 10.6 Å². The van der Waals surface area contributed by atoms with E-state index in [1.165, 1.54) is 0 Å². The fourth-order valence-electron chi connectivity index (χ4n) is 2.95. The zero-order chi connectivity index (χ0) is 21.0. The molecule has 2 aromatic carbocycles. The number of hydrogen-bond acceptors (Lipinski definition) is 4. The number of hydrogen-bond donors (Lipinski definition) is 2. The molecule has 3 aromatic rings. The largest absolute Gasteiger partial charge is 0.291 e. The standard InChI is InChI=1S/C22H25N5O2/c1-14(2)13-27-22(24-20(29)18-12-8-6-10-16(18)4)25-21(26-27)23-19(28)17-11-7-5-9-15(17)3/h5-12,14H,13H2,1-4H3,(H2,23,24,25,26,28,29). The number of anilines is 2. The number of carbonyl (C=O) groups is 2. The number of amides is 2. The van der Waals surface area contributed by atoms with Gasteiger partial charge in [0, 0.05) is 17.7 Å². The molecule has 0 saturated heterocycles. The first-order valence-electron chi connectivity index (χ1n) is 9.54. The van der Waals surface area contributed by atoms with Crippen LogP contribution in [0.15, 0.2) is 48.5 Å².